The summed E-state index contributed by atoms with van der Waals surface area (Å²) in [5.74, 6) is -0.252. The van der Waals surface area contributed by atoms with E-state index in [1.807, 2.05) is 0 Å². The Labute approximate surface area is 73.0 Å². The molecule has 0 atom stereocenters. The largest absolute Gasteiger partial charge is 0.420 e. The summed E-state index contributed by atoms with van der Waals surface area (Å²) in [4.78, 5) is 0. The van der Waals surface area contributed by atoms with Crippen LogP contribution in [0.3, 0.4) is 0 Å². The second-order valence-corrected chi connectivity index (χ2v) is 2.50. The molecule has 0 unspecified atom stereocenters. The molecule has 1 aromatic heterocycles. The average molecular weight is 191 g/mol. The Hall–Kier alpha value is -1.33. The molecule has 1 heterocycles. The molecule has 3 nitrogen and oxygen atoms in total. The molecule has 0 spiro atoms. The van der Waals surface area contributed by atoms with Gasteiger partial charge in [-0.1, -0.05) is 0 Å². The summed E-state index contributed by atoms with van der Waals surface area (Å²) in [6.45, 7) is 1.46. The quantitative estimate of drug-likeness (QED) is 0.736. The second kappa shape index (κ2) is 3.20. The molecule has 72 valence electrons. The van der Waals surface area contributed by atoms with E-state index >= 15 is 0 Å². The first-order valence-electron chi connectivity index (χ1n) is 3.54. The van der Waals surface area contributed by atoms with Crippen LogP contribution >= 0.6 is 0 Å². The predicted molar refractivity (Wildman–Crippen MR) is 41.3 cm³/mol. The predicted octanol–water partition coefficient (Wildman–Crippen LogP) is 1.85. The minimum absolute atomic E-state index is 0.242. The molecule has 0 aliphatic heterocycles. The van der Waals surface area contributed by atoms with Gasteiger partial charge in [0.2, 0.25) is 0 Å². The van der Waals surface area contributed by atoms with E-state index in [0.29, 0.717) is 0 Å². The molecule has 0 radical (unpaired) electrons. The van der Waals surface area contributed by atoms with Crippen LogP contribution in [0.25, 0.3) is 0 Å². The molecule has 0 aromatic carbocycles. The molecule has 0 saturated heterocycles. The van der Waals surface area contributed by atoms with E-state index in [1.54, 1.807) is 0 Å². The molecule has 6 heteroatoms. The topological polar surface area (TPSA) is 37.8 Å². The number of hydrogen-bond donors (Lipinski definition) is 1. The fourth-order valence-electron chi connectivity index (χ4n) is 0.890. The van der Waals surface area contributed by atoms with E-state index in [9.17, 15) is 13.2 Å². The van der Waals surface area contributed by atoms with Crippen LogP contribution in [0.15, 0.2) is 6.07 Å². The zero-order chi connectivity index (χ0) is 10.1. The first-order valence-corrected chi connectivity index (χ1v) is 3.54. The average Bonchev–Trinajstić information content (AvgIpc) is 2.03. The number of nitrogens with one attached hydrogen (secondary N) is 1. The highest BCUT2D eigenvalue weighted by Crippen LogP contribution is 2.33. The number of halogens is 3. The van der Waals surface area contributed by atoms with Crippen molar-refractivity contribution in [3.63, 3.8) is 0 Å². The number of aromatic nitrogens is 2. The molecular weight excluding hydrogens is 183 g/mol. The van der Waals surface area contributed by atoms with Crippen LogP contribution in [0.2, 0.25) is 0 Å². The number of nitrogens with zero attached hydrogens (tertiary/aromatic N) is 2. The Morgan fingerprint density at radius 2 is 1.92 bits per heavy atom. The highest BCUT2D eigenvalue weighted by atomic mass is 19.4. The molecule has 1 N–H and O–H groups in total. The summed E-state index contributed by atoms with van der Waals surface area (Å²) in [6, 6.07) is 0.957. The molecule has 0 aliphatic rings. The Kier molecular flexibility index (Phi) is 2.40. The first-order chi connectivity index (χ1) is 5.95. The summed E-state index contributed by atoms with van der Waals surface area (Å²) in [7, 11) is 1.37. The lowest BCUT2D eigenvalue weighted by atomic mass is 10.2. The van der Waals surface area contributed by atoms with Crippen molar-refractivity contribution in [2.45, 2.75) is 13.1 Å². The van der Waals surface area contributed by atoms with Crippen molar-refractivity contribution < 1.29 is 13.2 Å². The summed E-state index contributed by atoms with van der Waals surface area (Å²) in [5.41, 5.74) is -0.547. The smallest absolute Gasteiger partial charge is 0.371 e. The molecule has 0 aliphatic carbocycles. The van der Waals surface area contributed by atoms with Crippen molar-refractivity contribution in [1.29, 1.82) is 0 Å². The Bertz CT molecular complexity index is 308. The van der Waals surface area contributed by atoms with Gasteiger partial charge < -0.3 is 5.32 Å². The third kappa shape index (κ3) is 2.07. The third-order valence-electron chi connectivity index (χ3n) is 1.46. The van der Waals surface area contributed by atoms with Crippen LogP contribution < -0.4 is 5.32 Å². The third-order valence-corrected chi connectivity index (χ3v) is 1.46. The summed E-state index contributed by atoms with van der Waals surface area (Å²) >= 11 is 0. The van der Waals surface area contributed by atoms with Crippen LogP contribution in [0, 0.1) is 6.92 Å². The molecule has 0 bridgehead atoms. The summed E-state index contributed by atoms with van der Waals surface area (Å²) in [6.07, 6.45) is -4.39. The van der Waals surface area contributed by atoms with Gasteiger partial charge in [0.25, 0.3) is 0 Å². The van der Waals surface area contributed by atoms with Crippen LogP contribution in [-0.2, 0) is 6.18 Å². The number of rotatable bonds is 1. The normalized spacial score (nSPS) is 11.5. The fraction of sp³-hybridized carbons (Fsp3) is 0.429. The Morgan fingerprint density at radius 3 is 2.38 bits per heavy atom. The van der Waals surface area contributed by atoms with Gasteiger partial charge in [0.05, 0.1) is 5.69 Å². The fourth-order valence-corrected chi connectivity index (χ4v) is 0.890. The lowest BCUT2D eigenvalue weighted by Crippen LogP contribution is -2.11. The molecule has 0 saturated carbocycles. The molecule has 0 fully saturated rings. The van der Waals surface area contributed by atoms with E-state index in [2.05, 4.69) is 15.5 Å². The van der Waals surface area contributed by atoms with Crippen LogP contribution in [0.4, 0.5) is 19.0 Å². The maximum atomic E-state index is 12.3. The van der Waals surface area contributed by atoms with Crippen molar-refractivity contribution in [3.05, 3.63) is 17.3 Å². The van der Waals surface area contributed by atoms with E-state index in [1.165, 1.54) is 14.0 Å². The summed E-state index contributed by atoms with van der Waals surface area (Å²) < 4.78 is 36.9. The zero-order valence-electron chi connectivity index (χ0n) is 7.11. The van der Waals surface area contributed by atoms with Crippen molar-refractivity contribution in [3.8, 4) is 0 Å². The van der Waals surface area contributed by atoms with Crippen molar-refractivity contribution in [1.82, 2.24) is 10.2 Å². The van der Waals surface area contributed by atoms with Gasteiger partial charge in [-0.3, -0.25) is 0 Å². The van der Waals surface area contributed by atoms with Gasteiger partial charge in [0, 0.05) is 7.05 Å². The highest BCUT2D eigenvalue weighted by Gasteiger charge is 2.34. The lowest BCUT2D eigenvalue weighted by Gasteiger charge is -2.10. The standard InChI is InChI=1S/C7H8F3N3/c1-4-3-5(7(8,9)10)6(11-2)13-12-4/h3H,1-2H3,(H,11,13). The minimum Gasteiger partial charge on any atom is -0.371 e. The van der Waals surface area contributed by atoms with Gasteiger partial charge in [-0.05, 0) is 13.0 Å². The van der Waals surface area contributed by atoms with Crippen LogP contribution in [0.1, 0.15) is 11.3 Å². The first kappa shape index (κ1) is 9.76. The maximum Gasteiger partial charge on any atom is 0.420 e. The molecule has 13 heavy (non-hydrogen) atoms. The zero-order valence-corrected chi connectivity index (χ0v) is 7.11. The van der Waals surface area contributed by atoms with Gasteiger partial charge in [0.15, 0.2) is 5.82 Å². The number of hydrogen-bond acceptors (Lipinski definition) is 3. The van der Waals surface area contributed by atoms with E-state index in [-0.39, 0.29) is 11.5 Å². The van der Waals surface area contributed by atoms with Crippen LogP contribution in [0.5, 0.6) is 0 Å². The van der Waals surface area contributed by atoms with Crippen molar-refractivity contribution in [2.75, 3.05) is 12.4 Å². The molecule has 1 aromatic rings. The lowest BCUT2D eigenvalue weighted by molar-refractivity contribution is -0.137. The van der Waals surface area contributed by atoms with E-state index in [0.717, 1.165) is 6.07 Å². The van der Waals surface area contributed by atoms with Gasteiger partial charge in [-0.25, -0.2) is 0 Å². The molecular formula is C7H8F3N3. The monoisotopic (exact) mass is 191 g/mol. The van der Waals surface area contributed by atoms with Gasteiger partial charge in [-0.15, -0.1) is 5.10 Å². The number of anilines is 1. The number of aryl methyl sites for hydroxylation is 1. The molecule has 0 amide bonds. The van der Waals surface area contributed by atoms with Gasteiger partial charge in [-0.2, -0.15) is 18.3 Å². The second-order valence-electron chi connectivity index (χ2n) is 2.50. The highest BCUT2D eigenvalue weighted by molar-refractivity contribution is 5.44. The van der Waals surface area contributed by atoms with Gasteiger partial charge >= 0.3 is 6.18 Å². The number of alkyl halides is 3. The molecule has 1 rings (SSSR count). The van der Waals surface area contributed by atoms with Crippen molar-refractivity contribution in [2.24, 2.45) is 0 Å². The Balaban J connectivity index is 3.24. The van der Waals surface area contributed by atoms with Gasteiger partial charge in [0.1, 0.15) is 5.56 Å². The van der Waals surface area contributed by atoms with Crippen molar-refractivity contribution >= 4 is 5.82 Å². The Morgan fingerprint density at radius 1 is 1.31 bits per heavy atom. The SMILES string of the molecule is CNc1nnc(C)cc1C(F)(F)F. The van der Waals surface area contributed by atoms with E-state index in [4.69, 9.17) is 0 Å². The minimum atomic E-state index is -4.39. The van der Waals surface area contributed by atoms with E-state index < -0.39 is 11.7 Å². The maximum absolute atomic E-state index is 12.3. The summed E-state index contributed by atoms with van der Waals surface area (Å²) in [5, 5.41) is 9.23. The van der Waals surface area contributed by atoms with Crippen LogP contribution in [-0.4, -0.2) is 17.2 Å².